The first-order valence-corrected chi connectivity index (χ1v) is 6.16. The van der Waals surface area contributed by atoms with Gasteiger partial charge in [0.15, 0.2) is 0 Å². The van der Waals surface area contributed by atoms with Crippen LogP contribution in [0, 0.1) is 5.92 Å². The minimum Gasteiger partial charge on any atom is -0.355 e. The number of amides is 1. The third kappa shape index (κ3) is 3.06. The molecule has 2 atom stereocenters. The van der Waals surface area contributed by atoms with Crippen LogP contribution in [0.1, 0.15) is 19.0 Å². The van der Waals surface area contributed by atoms with Crippen molar-refractivity contribution in [2.45, 2.75) is 25.8 Å². The van der Waals surface area contributed by atoms with Crippen molar-refractivity contribution in [1.29, 1.82) is 0 Å². The number of aryl methyl sites for hydroxylation is 1. The molecule has 5 nitrogen and oxygen atoms in total. The van der Waals surface area contributed by atoms with E-state index < -0.39 is 0 Å². The second-order valence-corrected chi connectivity index (χ2v) is 4.66. The highest BCUT2D eigenvalue weighted by Crippen LogP contribution is 2.14. The van der Waals surface area contributed by atoms with Crippen LogP contribution < -0.4 is 10.6 Å². The smallest absolute Gasteiger partial charge is 0.224 e. The van der Waals surface area contributed by atoms with Crippen LogP contribution in [-0.4, -0.2) is 34.8 Å². The van der Waals surface area contributed by atoms with Crippen LogP contribution in [0.4, 0.5) is 0 Å². The molecule has 1 aliphatic rings. The van der Waals surface area contributed by atoms with Crippen LogP contribution in [0.15, 0.2) is 12.3 Å². The Morgan fingerprint density at radius 3 is 3.12 bits per heavy atom. The lowest BCUT2D eigenvalue weighted by Crippen LogP contribution is -2.37. The number of carbonyl (C=O) groups is 1. The Hall–Kier alpha value is -1.36. The van der Waals surface area contributed by atoms with E-state index in [2.05, 4.69) is 22.7 Å². The molecule has 0 spiro atoms. The van der Waals surface area contributed by atoms with Crippen LogP contribution in [0.2, 0.25) is 0 Å². The summed E-state index contributed by atoms with van der Waals surface area (Å²) in [4.78, 5) is 11.9. The molecule has 1 aromatic heterocycles. The zero-order chi connectivity index (χ0) is 12.3. The van der Waals surface area contributed by atoms with E-state index in [0.717, 1.165) is 25.1 Å². The molecule has 1 aromatic rings. The van der Waals surface area contributed by atoms with Gasteiger partial charge in [-0.3, -0.25) is 9.48 Å². The fourth-order valence-corrected chi connectivity index (χ4v) is 2.26. The van der Waals surface area contributed by atoms with Crippen LogP contribution in [0.3, 0.4) is 0 Å². The highest BCUT2D eigenvalue weighted by molar-refractivity contribution is 5.79. The van der Waals surface area contributed by atoms with E-state index in [-0.39, 0.29) is 11.8 Å². The maximum absolute atomic E-state index is 11.9. The number of aromatic nitrogens is 2. The van der Waals surface area contributed by atoms with Crippen molar-refractivity contribution >= 4 is 5.91 Å². The molecular weight excluding hydrogens is 216 g/mol. The summed E-state index contributed by atoms with van der Waals surface area (Å²) < 4.78 is 1.78. The van der Waals surface area contributed by atoms with Crippen molar-refractivity contribution in [3.8, 4) is 0 Å². The molecule has 1 amide bonds. The monoisotopic (exact) mass is 236 g/mol. The highest BCUT2D eigenvalue weighted by Gasteiger charge is 2.28. The quantitative estimate of drug-likeness (QED) is 0.778. The first kappa shape index (κ1) is 12.1. The minimum absolute atomic E-state index is 0.124. The molecule has 0 saturated carbocycles. The third-order valence-corrected chi connectivity index (χ3v) is 3.31. The van der Waals surface area contributed by atoms with Gasteiger partial charge in [0.1, 0.15) is 0 Å². The lowest BCUT2D eigenvalue weighted by atomic mass is 10.0. The van der Waals surface area contributed by atoms with Crippen LogP contribution in [0.25, 0.3) is 0 Å². The standard InChI is InChI=1S/C12H20N4O/c1-9-11(4-7-13-9)12(17)14-6-3-10-5-8-16(2)15-10/h5,8-9,11,13H,3-4,6-7H2,1-2H3,(H,14,17). The van der Waals surface area contributed by atoms with E-state index in [1.807, 2.05) is 19.3 Å². The predicted molar refractivity (Wildman–Crippen MR) is 65.5 cm³/mol. The van der Waals surface area contributed by atoms with Crippen molar-refractivity contribution in [2.24, 2.45) is 13.0 Å². The second kappa shape index (κ2) is 5.31. The molecule has 2 N–H and O–H groups in total. The Balaban J connectivity index is 1.73. The van der Waals surface area contributed by atoms with Crippen molar-refractivity contribution in [3.63, 3.8) is 0 Å². The topological polar surface area (TPSA) is 59.0 Å². The Morgan fingerprint density at radius 1 is 1.71 bits per heavy atom. The summed E-state index contributed by atoms with van der Waals surface area (Å²) in [5.74, 6) is 0.289. The van der Waals surface area contributed by atoms with Gasteiger partial charge in [0.25, 0.3) is 0 Å². The Morgan fingerprint density at radius 2 is 2.53 bits per heavy atom. The van der Waals surface area contributed by atoms with E-state index in [9.17, 15) is 4.79 Å². The normalized spacial score (nSPS) is 23.9. The molecule has 0 aromatic carbocycles. The molecule has 2 heterocycles. The van der Waals surface area contributed by atoms with Crippen molar-refractivity contribution in [3.05, 3.63) is 18.0 Å². The lowest BCUT2D eigenvalue weighted by Gasteiger charge is -2.14. The number of hydrogen-bond donors (Lipinski definition) is 2. The van der Waals surface area contributed by atoms with Gasteiger partial charge >= 0.3 is 0 Å². The third-order valence-electron chi connectivity index (χ3n) is 3.31. The fraction of sp³-hybridized carbons (Fsp3) is 0.667. The van der Waals surface area contributed by atoms with Gasteiger partial charge in [-0.05, 0) is 26.0 Å². The average Bonchev–Trinajstić information content (AvgIpc) is 2.87. The van der Waals surface area contributed by atoms with E-state index in [1.54, 1.807) is 4.68 Å². The molecule has 94 valence electrons. The van der Waals surface area contributed by atoms with Gasteiger partial charge < -0.3 is 10.6 Å². The molecule has 5 heteroatoms. The molecule has 2 rings (SSSR count). The SMILES string of the molecule is CC1NCCC1C(=O)NCCc1ccn(C)n1. The Labute approximate surface area is 102 Å². The fourth-order valence-electron chi connectivity index (χ4n) is 2.26. The first-order chi connectivity index (χ1) is 8.16. The van der Waals surface area contributed by atoms with Crippen LogP contribution >= 0.6 is 0 Å². The summed E-state index contributed by atoms with van der Waals surface area (Å²) in [7, 11) is 1.90. The largest absolute Gasteiger partial charge is 0.355 e. The number of carbonyl (C=O) groups excluding carboxylic acids is 1. The van der Waals surface area contributed by atoms with Gasteiger partial charge in [0, 0.05) is 32.3 Å². The van der Waals surface area contributed by atoms with E-state index in [0.29, 0.717) is 12.6 Å². The second-order valence-electron chi connectivity index (χ2n) is 4.66. The Kier molecular flexibility index (Phi) is 3.78. The summed E-state index contributed by atoms with van der Waals surface area (Å²) >= 11 is 0. The van der Waals surface area contributed by atoms with Crippen molar-refractivity contribution < 1.29 is 4.79 Å². The number of nitrogens with one attached hydrogen (secondary N) is 2. The average molecular weight is 236 g/mol. The van der Waals surface area contributed by atoms with E-state index in [1.165, 1.54) is 0 Å². The summed E-state index contributed by atoms with van der Waals surface area (Å²) in [6.07, 6.45) is 3.65. The number of rotatable bonds is 4. The predicted octanol–water partition coefficient (Wildman–Crippen LogP) is 0.0768. The van der Waals surface area contributed by atoms with Gasteiger partial charge in [-0.1, -0.05) is 0 Å². The summed E-state index contributed by atoms with van der Waals surface area (Å²) in [5.41, 5.74) is 1.02. The van der Waals surface area contributed by atoms with Gasteiger partial charge in [-0.25, -0.2) is 0 Å². The molecule has 17 heavy (non-hydrogen) atoms. The molecule has 0 radical (unpaired) electrons. The maximum Gasteiger partial charge on any atom is 0.224 e. The zero-order valence-electron chi connectivity index (χ0n) is 10.4. The molecule has 0 bridgehead atoms. The molecule has 0 aliphatic carbocycles. The van der Waals surface area contributed by atoms with Crippen molar-refractivity contribution in [2.75, 3.05) is 13.1 Å². The van der Waals surface area contributed by atoms with Gasteiger partial charge in [0.05, 0.1) is 11.6 Å². The minimum atomic E-state index is 0.124. The lowest BCUT2D eigenvalue weighted by molar-refractivity contribution is -0.125. The summed E-state index contributed by atoms with van der Waals surface area (Å²) in [5, 5.41) is 10.5. The Bertz CT molecular complexity index is 388. The molecule has 2 unspecified atom stereocenters. The number of hydrogen-bond acceptors (Lipinski definition) is 3. The summed E-state index contributed by atoms with van der Waals surface area (Å²) in [6.45, 7) is 3.68. The van der Waals surface area contributed by atoms with E-state index in [4.69, 9.17) is 0 Å². The molecule has 1 aliphatic heterocycles. The zero-order valence-corrected chi connectivity index (χ0v) is 10.4. The number of nitrogens with zero attached hydrogens (tertiary/aromatic N) is 2. The highest BCUT2D eigenvalue weighted by atomic mass is 16.1. The van der Waals surface area contributed by atoms with Crippen LogP contribution in [-0.2, 0) is 18.3 Å². The molecular formula is C12H20N4O. The molecule has 1 saturated heterocycles. The first-order valence-electron chi connectivity index (χ1n) is 6.16. The van der Waals surface area contributed by atoms with Crippen LogP contribution in [0.5, 0.6) is 0 Å². The van der Waals surface area contributed by atoms with Gasteiger partial charge in [-0.15, -0.1) is 0 Å². The van der Waals surface area contributed by atoms with Crippen molar-refractivity contribution in [1.82, 2.24) is 20.4 Å². The molecule has 1 fully saturated rings. The van der Waals surface area contributed by atoms with Gasteiger partial charge in [-0.2, -0.15) is 5.10 Å². The van der Waals surface area contributed by atoms with Gasteiger partial charge in [0.2, 0.25) is 5.91 Å². The maximum atomic E-state index is 11.9. The summed E-state index contributed by atoms with van der Waals surface area (Å²) in [6, 6.07) is 2.27. The van der Waals surface area contributed by atoms with E-state index >= 15 is 0 Å².